The van der Waals surface area contributed by atoms with Crippen LogP contribution >= 0.6 is 0 Å². The van der Waals surface area contributed by atoms with Crippen LogP contribution in [0.3, 0.4) is 0 Å². The zero-order chi connectivity index (χ0) is 15.2. The molecule has 1 amide bonds. The fraction of sp³-hybridized carbons (Fsp3) is 0.316. The minimum absolute atomic E-state index is 0.0537. The van der Waals surface area contributed by atoms with Crippen LogP contribution in [0.25, 0.3) is 0 Å². The van der Waals surface area contributed by atoms with Crippen molar-refractivity contribution in [3.63, 3.8) is 0 Å². The molecule has 1 unspecified atom stereocenters. The Labute approximate surface area is 131 Å². The molecule has 0 spiro atoms. The molecule has 0 bridgehead atoms. The molecule has 2 aromatic rings. The number of rotatable bonds is 5. The third-order valence-electron chi connectivity index (χ3n) is 4.04. The molecule has 3 rings (SSSR count). The monoisotopic (exact) mass is 295 g/mol. The van der Waals surface area contributed by atoms with Gasteiger partial charge in [0.05, 0.1) is 0 Å². The lowest BCUT2D eigenvalue weighted by molar-refractivity contribution is -0.129. The van der Waals surface area contributed by atoms with Crippen molar-refractivity contribution < 1.29 is 9.53 Å². The first kappa shape index (κ1) is 14.6. The normalized spacial score (nSPS) is 16.2. The number of carbonyl (C=O) groups is 1. The van der Waals surface area contributed by atoms with E-state index in [0.717, 1.165) is 18.4 Å². The summed E-state index contributed by atoms with van der Waals surface area (Å²) in [7, 11) is 0. The van der Waals surface area contributed by atoms with Crippen molar-refractivity contribution in [2.75, 3.05) is 0 Å². The van der Waals surface area contributed by atoms with Crippen molar-refractivity contribution in [1.29, 1.82) is 0 Å². The SMILES string of the molecule is O=C(NC1CCCC1)C(Oc1ccccc1)c1ccccc1. The molecule has 0 radical (unpaired) electrons. The molecule has 1 aliphatic rings. The third-order valence-corrected chi connectivity index (χ3v) is 4.04. The first-order chi connectivity index (χ1) is 10.8. The number of nitrogens with one attached hydrogen (secondary N) is 1. The van der Waals surface area contributed by atoms with E-state index in [1.165, 1.54) is 12.8 Å². The van der Waals surface area contributed by atoms with Gasteiger partial charge in [0.2, 0.25) is 6.10 Å². The van der Waals surface area contributed by atoms with Gasteiger partial charge in [0.15, 0.2) is 0 Å². The Morgan fingerprint density at radius 3 is 2.18 bits per heavy atom. The van der Waals surface area contributed by atoms with E-state index in [-0.39, 0.29) is 11.9 Å². The quantitative estimate of drug-likeness (QED) is 0.909. The Hall–Kier alpha value is -2.29. The topological polar surface area (TPSA) is 38.3 Å². The standard InChI is InChI=1S/C19H21NO2/c21-19(20-16-11-7-8-12-16)18(15-9-3-1-4-10-15)22-17-13-5-2-6-14-17/h1-6,9-10,13-14,16,18H,7-8,11-12H2,(H,20,21). The fourth-order valence-electron chi connectivity index (χ4n) is 2.88. The fourth-order valence-corrected chi connectivity index (χ4v) is 2.88. The predicted octanol–water partition coefficient (Wildman–Crippen LogP) is 3.87. The summed E-state index contributed by atoms with van der Waals surface area (Å²) in [6.07, 6.45) is 3.92. The molecule has 3 nitrogen and oxygen atoms in total. The van der Waals surface area contributed by atoms with Crippen LogP contribution in [0.5, 0.6) is 5.75 Å². The van der Waals surface area contributed by atoms with Gasteiger partial charge in [0.1, 0.15) is 5.75 Å². The molecule has 0 aromatic heterocycles. The molecule has 0 heterocycles. The number of para-hydroxylation sites is 1. The van der Waals surface area contributed by atoms with Crippen molar-refractivity contribution >= 4 is 5.91 Å². The summed E-state index contributed by atoms with van der Waals surface area (Å²) < 4.78 is 5.96. The minimum Gasteiger partial charge on any atom is -0.476 e. The van der Waals surface area contributed by atoms with Crippen LogP contribution in [0.2, 0.25) is 0 Å². The minimum atomic E-state index is -0.607. The molecule has 0 aliphatic heterocycles. The highest BCUT2D eigenvalue weighted by Gasteiger charge is 2.26. The van der Waals surface area contributed by atoms with Crippen molar-refractivity contribution in [3.05, 3.63) is 66.2 Å². The zero-order valence-electron chi connectivity index (χ0n) is 12.6. The average molecular weight is 295 g/mol. The summed E-state index contributed by atoms with van der Waals surface area (Å²) in [5.74, 6) is 0.653. The second-order valence-corrected chi connectivity index (χ2v) is 5.71. The van der Waals surface area contributed by atoms with E-state index in [1.54, 1.807) is 0 Å². The first-order valence-corrected chi connectivity index (χ1v) is 7.90. The van der Waals surface area contributed by atoms with Gasteiger partial charge < -0.3 is 10.1 Å². The van der Waals surface area contributed by atoms with E-state index >= 15 is 0 Å². The van der Waals surface area contributed by atoms with Gasteiger partial charge in [-0.15, -0.1) is 0 Å². The Balaban J connectivity index is 1.77. The molecule has 1 saturated carbocycles. The molecular weight excluding hydrogens is 274 g/mol. The summed E-state index contributed by atoms with van der Waals surface area (Å²) >= 11 is 0. The van der Waals surface area contributed by atoms with Crippen LogP contribution < -0.4 is 10.1 Å². The van der Waals surface area contributed by atoms with Crippen LogP contribution in [-0.4, -0.2) is 11.9 Å². The molecule has 0 saturated heterocycles. The van der Waals surface area contributed by atoms with Gasteiger partial charge in [-0.2, -0.15) is 0 Å². The molecule has 114 valence electrons. The highest BCUT2D eigenvalue weighted by atomic mass is 16.5. The van der Waals surface area contributed by atoms with E-state index in [2.05, 4.69) is 5.32 Å². The number of benzene rings is 2. The summed E-state index contributed by atoms with van der Waals surface area (Å²) in [5, 5.41) is 3.13. The smallest absolute Gasteiger partial charge is 0.266 e. The van der Waals surface area contributed by atoms with Crippen LogP contribution in [0, 0.1) is 0 Å². The van der Waals surface area contributed by atoms with Gasteiger partial charge in [-0.25, -0.2) is 0 Å². The van der Waals surface area contributed by atoms with E-state index < -0.39 is 6.10 Å². The average Bonchev–Trinajstić information content (AvgIpc) is 3.07. The van der Waals surface area contributed by atoms with Crippen molar-refractivity contribution in [1.82, 2.24) is 5.32 Å². The van der Waals surface area contributed by atoms with Gasteiger partial charge >= 0.3 is 0 Å². The van der Waals surface area contributed by atoms with Gasteiger partial charge in [0.25, 0.3) is 5.91 Å². The third kappa shape index (κ3) is 3.67. The summed E-state index contributed by atoms with van der Waals surface area (Å²) in [4.78, 5) is 12.7. The first-order valence-electron chi connectivity index (χ1n) is 7.90. The molecule has 3 heteroatoms. The maximum absolute atomic E-state index is 12.7. The van der Waals surface area contributed by atoms with Crippen LogP contribution in [0.1, 0.15) is 37.4 Å². The molecule has 2 aromatic carbocycles. The lowest BCUT2D eigenvalue weighted by Gasteiger charge is -2.21. The van der Waals surface area contributed by atoms with E-state index in [9.17, 15) is 4.79 Å². The molecule has 22 heavy (non-hydrogen) atoms. The van der Waals surface area contributed by atoms with E-state index in [0.29, 0.717) is 5.75 Å². The number of hydrogen-bond donors (Lipinski definition) is 1. The van der Waals surface area contributed by atoms with Crippen LogP contribution in [0.4, 0.5) is 0 Å². The lowest BCUT2D eigenvalue weighted by Crippen LogP contribution is -2.38. The van der Waals surface area contributed by atoms with Crippen molar-refractivity contribution in [2.24, 2.45) is 0 Å². The summed E-state index contributed by atoms with van der Waals surface area (Å²) in [6, 6.07) is 19.5. The van der Waals surface area contributed by atoms with E-state index in [1.807, 2.05) is 60.7 Å². The van der Waals surface area contributed by atoms with Gasteiger partial charge in [-0.05, 0) is 25.0 Å². The van der Waals surface area contributed by atoms with Gasteiger partial charge in [0, 0.05) is 11.6 Å². The van der Waals surface area contributed by atoms with Gasteiger partial charge in [-0.3, -0.25) is 4.79 Å². The number of carbonyl (C=O) groups excluding carboxylic acids is 1. The maximum atomic E-state index is 12.7. The Morgan fingerprint density at radius 1 is 0.955 bits per heavy atom. The van der Waals surface area contributed by atoms with Crippen molar-refractivity contribution in [2.45, 2.75) is 37.8 Å². The Morgan fingerprint density at radius 2 is 1.55 bits per heavy atom. The highest BCUT2D eigenvalue weighted by Crippen LogP contribution is 2.24. The second kappa shape index (κ2) is 7.12. The molecular formula is C19H21NO2. The highest BCUT2D eigenvalue weighted by molar-refractivity contribution is 5.82. The number of amides is 1. The Bertz CT molecular complexity index is 591. The molecule has 1 atom stereocenters. The molecule has 1 fully saturated rings. The van der Waals surface area contributed by atoms with Crippen molar-refractivity contribution in [3.8, 4) is 5.75 Å². The van der Waals surface area contributed by atoms with Crippen LogP contribution in [-0.2, 0) is 4.79 Å². The Kier molecular flexibility index (Phi) is 4.74. The largest absolute Gasteiger partial charge is 0.476 e. The van der Waals surface area contributed by atoms with Gasteiger partial charge in [-0.1, -0.05) is 61.4 Å². The number of ether oxygens (including phenoxy) is 1. The van der Waals surface area contributed by atoms with E-state index in [4.69, 9.17) is 4.74 Å². The molecule has 1 aliphatic carbocycles. The lowest BCUT2D eigenvalue weighted by atomic mass is 10.1. The van der Waals surface area contributed by atoms with Crippen LogP contribution in [0.15, 0.2) is 60.7 Å². The zero-order valence-corrected chi connectivity index (χ0v) is 12.6. The summed E-state index contributed by atoms with van der Waals surface area (Å²) in [6.45, 7) is 0. The number of hydrogen-bond acceptors (Lipinski definition) is 2. The predicted molar refractivity (Wildman–Crippen MR) is 86.7 cm³/mol. The molecule has 1 N–H and O–H groups in total. The summed E-state index contributed by atoms with van der Waals surface area (Å²) in [5.41, 5.74) is 0.877. The second-order valence-electron chi connectivity index (χ2n) is 5.71. The maximum Gasteiger partial charge on any atom is 0.266 e.